The summed E-state index contributed by atoms with van der Waals surface area (Å²) in [6.45, 7) is 5.29. The summed E-state index contributed by atoms with van der Waals surface area (Å²) >= 11 is 0. The Morgan fingerprint density at radius 1 is 1.50 bits per heavy atom. The Labute approximate surface area is 108 Å². The molecule has 0 saturated carbocycles. The van der Waals surface area contributed by atoms with E-state index in [0.29, 0.717) is 13.0 Å². The number of ether oxygens (including phenoxy) is 1. The number of rotatable bonds is 8. The summed E-state index contributed by atoms with van der Waals surface area (Å²) in [6, 6.07) is 0. The summed E-state index contributed by atoms with van der Waals surface area (Å²) in [5, 5.41) is 10.0. The van der Waals surface area contributed by atoms with Gasteiger partial charge in [0.1, 0.15) is 0 Å². The van der Waals surface area contributed by atoms with Gasteiger partial charge in [-0.1, -0.05) is 13.8 Å². The van der Waals surface area contributed by atoms with E-state index in [4.69, 9.17) is 4.74 Å². The van der Waals surface area contributed by atoms with E-state index >= 15 is 0 Å². The van der Waals surface area contributed by atoms with Crippen molar-refractivity contribution in [1.29, 1.82) is 0 Å². The van der Waals surface area contributed by atoms with E-state index in [1.165, 1.54) is 0 Å². The standard InChI is InChI=1S/C13H22N2O3/c1-3-7-15-10-14-9-11(15)12(16)5-6-13(17)18-8-4-2/h9-10,12,16H,3-8H2,1-2H3. The van der Waals surface area contributed by atoms with Crippen molar-refractivity contribution in [3.05, 3.63) is 18.2 Å². The number of aromatic nitrogens is 2. The number of aliphatic hydroxyl groups is 1. The van der Waals surface area contributed by atoms with Crippen molar-refractivity contribution in [3.8, 4) is 0 Å². The van der Waals surface area contributed by atoms with Crippen LogP contribution in [0.5, 0.6) is 0 Å². The fraction of sp³-hybridized carbons (Fsp3) is 0.692. The first kappa shape index (κ1) is 14.7. The van der Waals surface area contributed by atoms with Gasteiger partial charge in [-0.15, -0.1) is 0 Å². The van der Waals surface area contributed by atoms with Crippen LogP contribution in [-0.2, 0) is 16.1 Å². The first-order valence-corrected chi connectivity index (χ1v) is 6.52. The Kier molecular flexibility index (Phi) is 6.43. The maximum absolute atomic E-state index is 11.3. The van der Waals surface area contributed by atoms with Crippen molar-refractivity contribution in [2.24, 2.45) is 0 Å². The summed E-state index contributed by atoms with van der Waals surface area (Å²) in [5.74, 6) is -0.252. The molecule has 1 atom stereocenters. The zero-order chi connectivity index (χ0) is 13.4. The Balaban J connectivity index is 2.42. The minimum atomic E-state index is -0.659. The zero-order valence-corrected chi connectivity index (χ0v) is 11.1. The Morgan fingerprint density at radius 2 is 2.28 bits per heavy atom. The first-order valence-electron chi connectivity index (χ1n) is 6.52. The highest BCUT2D eigenvalue weighted by molar-refractivity contribution is 5.69. The molecule has 18 heavy (non-hydrogen) atoms. The lowest BCUT2D eigenvalue weighted by atomic mass is 10.1. The van der Waals surface area contributed by atoms with Crippen LogP contribution in [0, 0.1) is 0 Å². The molecule has 1 aromatic heterocycles. The quantitative estimate of drug-likeness (QED) is 0.721. The third-order valence-corrected chi connectivity index (χ3v) is 2.64. The van der Waals surface area contributed by atoms with Gasteiger partial charge in [-0.2, -0.15) is 0 Å². The molecule has 0 aliphatic rings. The van der Waals surface area contributed by atoms with Gasteiger partial charge in [-0.3, -0.25) is 4.79 Å². The van der Waals surface area contributed by atoms with Crippen molar-refractivity contribution in [2.75, 3.05) is 6.61 Å². The zero-order valence-electron chi connectivity index (χ0n) is 11.1. The summed E-state index contributed by atoms with van der Waals surface area (Å²) in [6.07, 6.45) is 5.10. The molecule has 0 amide bonds. The number of nitrogens with zero attached hydrogens (tertiary/aromatic N) is 2. The normalized spacial score (nSPS) is 12.4. The minimum absolute atomic E-state index is 0.235. The van der Waals surface area contributed by atoms with E-state index < -0.39 is 6.10 Å². The van der Waals surface area contributed by atoms with Crippen molar-refractivity contribution < 1.29 is 14.6 Å². The predicted octanol–water partition coefficient (Wildman–Crippen LogP) is 2.06. The SMILES string of the molecule is CCCOC(=O)CCC(O)c1cncn1CCC. The summed E-state index contributed by atoms with van der Waals surface area (Å²) < 4.78 is 6.88. The topological polar surface area (TPSA) is 64.3 Å². The molecule has 0 fully saturated rings. The second-order valence-corrected chi connectivity index (χ2v) is 4.29. The van der Waals surface area contributed by atoms with Crippen molar-refractivity contribution >= 4 is 5.97 Å². The second kappa shape index (κ2) is 7.87. The lowest BCUT2D eigenvalue weighted by Gasteiger charge is -2.12. The largest absolute Gasteiger partial charge is 0.466 e. The van der Waals surface area contributed by atoms with Gasteiger partial charge in [0, 0.05) is 13.0 Å². The molecule has 0 aliphatic heterocycles. The summed E-state index contributed by atoms with van der Waals surface area (Å²) in [7, 11) is 0. The van der Waals surface area contributed by atoms with Gasteiger partial charge in [-0.25, -0.2) is 4.98 Å². The van der Waals surface area contributed by atoms with Gasteiger partial charge in [0.2, 0.25) is 0 Å². The van der Waals surface area contributed by atoms with Crippen LogP contribution < -0.4 is 0 Å². The highest BCUT2D eigenvalue weighted by atomic mass is 16.5. The lowest BCUT2D eigenvalue weighted by Crippen LogP contribution is -2.11. The Hall–Kier alpha value is -1.36. The molecule has 102 valence electrons. The maximum Gasteiger partial charge on any atom is 0.305 e. The molecular formula is C13H22N2O3. The van der Waals surface area contributed by atoms with E-state index in [-0.39, 0.29) is 12.4 Å². The van der Waals surface area contributed by atoms with Crippen molar-refractivity contribution in [1.82, 2.24) is 9.55 Å². The van der Waals surface area contributed by atoms with Crippen LogP contribution in [0.2, 0.25) is 0 Å². The third kappa shape index (κ3) is 4.49. The van der Waals surface area contributed by atoms with Crippen LogP contribution in [0.15, 0.2) is 12.5 Å². The Morgan fingerprint density at radius 3 is 2.94 bits per heavy atom. The summed E-state index contributed by atoms with van der Waals surface area (Å²) in [4.78, 5) is 15.4. The van der Waals surface area contributed by atoms with Crippen LogP contribution in [0.25, 0.3) is 0 Å². The molecule has 0 saturated heterocycles. The van der Waals surface area contributed by atoms with Crippen molar-refractivity contribution in [3.63, 3.8) is 0 Å². The minimum Gasteiger partial charge on any atom is -0.466 e. The molecule has 1 aromatic rings. The lowest BCUT2D eigenvalue weighted by molar-refractivity contribution is -0.144. The molecule has 0 aromatic carbocycles. The number of esters is 1. The van der Waals surface area contributed by atoms with E-state index in [1.54, 1.807) is 12.5 Å². The van der Waals surface area contributed by atoms with Gasteiger partial charge >= 0.3 is 5.97 Å². The van der Waals surface area contributed by atoms with Crippen LogP contribution in [0.3, 0.4) is 0 Å². The van der Waals surface area contributed by atoms with Gasteiger partial charge in [0.05, 0.1) is 30.9 Å². The van der Waals surface area contributed by atoms with Gasteiger partial charge in [0.25, 0.3) is 0 Å². The molecule has 1 rings (SSSR count). The van der Waals surface area contributed by atoms with Crippen molar-refractivity contribution in [2.45, 2.75) is 52.2 Å². The molecule has 5 nitrogen and oxygen atoms in total. The number of hydrogen-bond donors (Lipinski definition) is 1. The van der Waals surface area contributed by atoms with Gasteiger partial charge in [-0.05, 0) is 19.3 Å². The maximum atomic E-state index is 11.3. The number of hydrogen-bond acceptors (Lipinski definition) is 4. The highest BCUT2D eigenvalue weighted by Crippen LogP contribution is 2.18. The number of aryl methyl sites for hydroxylation is 1. The number of carbonyl (C=O) groups is 1. The molecule has 0 spiro atoms. The van der Waals surface area contributed by atoms with Gasteiger partial charge in [0.15, 0.2) is 0 Å². The number of carbonyl (C=O) groups excluding carboxylic acids is 1. The van der Waals surface area contributed by atoms with Crippen LogP contribution in [0.1, 0.15) is 51.3 Å². The molecule has 1 N–H and O–H groups in total. The predicted molar refractivity (Wildman–Crippen MR) is 68.0 cm³/mol. The Bertz CT molecular complexity index is 363. The van der Waals surface area contributed by atoms with E-state index in [2.05, 4.69) is 11.9 Å². The molecule has 1 unspecified atom stereocenters. The van der Waals surface area contributed by atoms with Gasteiger partial charge < -0.3 is 14.4 Å². The first-order chi connectivity index (χ1) is 8.69. The van der Waals surface area contributed by atoms with Crippen LogP contribution >= 0.6 is 0 Å². The fourth-order valence-electron chi connectivity index (χ4n) is 1.73. The molecular weight excluding hydrogens is 232 g/mol. The second-order valence-electron chi connectivity index (χ2n) is 4.29. The smallest absolute Gasteiger partial charge is 0.305 e. The number of imidazole rings is 1. The summed E-state index contributed by atoms with van der Waals surface area (Å²) in [5.41, 5.74) is 0.764. The van der Waals surface area contributed by atoms with E-state index in [9.17, 15) is 9.90 Å². The van der Waals surface area contributed by atoms with Crippen LogP contribution in [-0.4, -0.2) is 27.2 Å². The highest BCUT2D eigenvalue weighted by Gasteiger charge is 2.14. The van der Waals surface area contributed by atoms with E-state index in [0.717, 1.165) is 25.1 Å². The molecule has 5 heteroatoms. The third-order valence-electron chi connectivity index (χ3n) is 2.64. The average Bonchev–Trinajstić information content (AvgIpc) is 2.82. The average molecular weight is 254 g/mol. The van der Waals surface area contributed by atoms with E-state index in [1.807, 2.05) is 11.5 Å². The monoisotopic (exact) mass is 254 g/mol. The fourth-order valence-corrected chi connectivity index (χ4v) is 1.73. The molecule has 0 bridgehead atoms. The van der Waals surface area contributed by atoms with Crippen LogP contribution in [0.4, 0.5) is 0 Å². The number of aliphatic hydroxyl groups excluding tert-OH is 1. The molecule has 0 radical (unpaired) electrons. The molecule has 0 aliphatic carbocycles. The molecule has 1 heterocycles.